The fourth-order valence-corrected chi connectivity index (χ4v) is 4.04. The van der Waals surface area contributed by atoms with Crippen LogP contribution in [0.25, 0.3) is 11.1 Å². The number of hydrogen-bond donors (Lipinski definition) is 1. The molecule has 37 heavy (non-hydrogen) atoms. The van der Waals surface area contributed by atoms with Crippen LogP contribution in [0.5, 0.6) is 12.0 Å². The molecule has 0 bridgehead atoms. The van der Waals surface area contributed by atoms with Crippen LogP contribution < -0.4 is 19.3 Å². The van der Waals surface area contributed by atoms with Gasteiger partial charge in [0.15, 0.2) is 6.10 Å². The summed E-state index contributed by atoms with van der Waals surface area (Å²) in [6, 6.07) is 4.45. The largest absolute Gasteiger partial charge is 0.455 e. The van der Waals surface area contributed by atoms with Gasteiger partial charge in [-0.2, -0.15) is 4.98 Å². The van der Waals surface area contributed by atoms with Crippen LogP contribution in [0.15, 0.2) is 30.6 Å². The molecule has 2 aromatic heterocycles. The lowest BCUT2D eigenvalue weighted by Gasteiger charge is -2.23. The first-order valence-corrected chi connectivity index (χ1v) is 11.2. The van der Waals surface area contributed by atoms with Crippen molar-refractivity contribution < 1.29 is 33.4 Å². The van der Waals surface area contributed by atoms with Crippen molar-refractivity contribution in [3.63, 3.8) is 0 Å². The van der Waals surface area contributed by atoms with E-state index in [1.807, 2.05) is 0 Å². The maximum Gasteiger partial charge on any atom is 0.414 e. The van der Waals surface area contributed by atoms with Crippen molar-refractivity contribution in [3.05, 3.63) is 46.5 Å². The molecule has 0 spiro atoms. The van der Waals surface area contributed by atoms with E-state index in [2.05, 4.69) is 15.0 Å². The first kappa shape index (κ1) is 24.2. The number of benzene rings is 1. The molecule has 0 aliphatic carbocycles. The molecule has 1 saturated heterocycles. The molecule has 15 heteroatoms. The maximum absolute atomic E-state index is 15.2. The number of amides is 1. The highest BCUT2D eigenvalue weighted by Crippen LogP contribution is 2.34. The normalized spacial score (nSPS) is 18.7. The summed E-state index contributed by atoms with van der Waals surface area (Å²) in [7, 11) is 3.47. The van der Waals surface area contributed by atoms with Crippen molar-refractivity contribution in [2.45, 2.75) is 18.8 Å². The van der Waals surface area contributed by atoms with Crippen LogP contribution in [0.4, 0.5) is 26.5 Å². The Morgan fingerprint density at radius 3 is 2.78 bits per heavy atom. The number of anilines is 2. The summed E-state index contributed by atoms with van der Waals surface area (Å²) in [6.45, 7) is 0.121. The van der Waals surface area contributed by atoms with Gasteiger partial charge in [-0.3, -0.25) is 9.47 Å². The number of aromatic nitrogens is 4. The molecule has 2 aliphatic rings. The molecule has 5 rings (SSSR count). The van der Waals surface area contributed by atoms with Crippen LogP contribution in [0.1, 0.15) is 0 Å². The zero-order valence-corrected chi connectivity index (χ0v) is 19.8. The average Bonchev–Trinajstić information content (AvgIpc) is 3.47. The minimum Gasteiger partial charge on any atom is -0.455 e. The number of cyclic esters (lactones) is 1. The van der Waals surface area contributed by atoms with E-state index in [9.17, 15) is 20.0 Å². The number of nitrogens with zero attached hydrogens (tertiary/aromatic N) is 7. The predicted molar refractivity (Wildman–Crippen MR) is 125 cm³/mol. The van der Waals surface area contributed by atoms with Crippen LogP contribution in [0.3, 0.4) is 0 Å². The van der Waals surface area contributed by atoms with E-state index in [0.717, 1.165) is 0 Å². The Hall–Kier alpha value is -4.53. The third-order valence-electron chi connectivity index (χ3n) is 5.79. The Morgan fingerprint density at radius 1 is 1.30 bits per heavy atom. The second-order valence-corrected chi connectivity index (χ2v) is 8.59. The molecule has 4 heterocycles. The minimum atomic E-state index is -0.665. The van der Waals surface area contributed by atoms with Gasteiger partial charge in [0.05, 0.1) is 25.4 Å². The predicted octanol–water partition coefficient (Wildman–Crippen LogP) is 1.61. The number of nitro groups is 1. The highest BCUT2D eigenvalue weighted by atomic mass is 19.1. The second kappa shape index (κ2) is 9.50. The van der Waals surface area contributed by atoms with Crippen molar-refractivity contribution in [2.24, 2.45) is 0 Å². The molecule has 1 aromatic carbocycles. The number of hydrogen-bond acceptors (Lipinski definition) is 11. The van der Waals surface area contributed by atoms with Gasteiger partial charge in [-0.1, -0.05) is 0 Å². The van der Waals surface area contributed by atoms with Gasteiger partial charge in [0, 0.05) is 36.4 Å². The van der Waals surface area contributed by atoms with Crippen LogP contribution in [-0.2, 0) is 11.3 Å². The summed E-state index contributed by atoms with van der Waals surface area (Å²) >= 11 is 0. The van der Waals surface area contributed by atoms with Crippen LogP contribution in [0.2, 0.25) is 0 Å². The first-order valence-electron chi connectivity index (χ1n) is 11.2. The second-order valence-electron chi connectivity index (χ2n) is 8.59. The number of halogens is 1. The van der Waals surface area contributed by atoms with E-state index in [1.54, 1.807) is 25.1 Å². The number of aliphatic hydroxyl groups is 1. The van der Waals surface area contributed by atoms with E-state index in [4.69, 9.17) is 14.2 Å². The average molecular weight is 515 g/mol. The van der Waals surface area contributed by atoms with Gasteiger partial charge in [-0.05, 0) is 23.1 Å². The number of carbonyl (C=O) groups excluding carboxylic acids is 1. The first-order chi connectivity index (χ1) is 17.7. The summed E-state index contributed by atoms with van der Waals surface area (Å²) in [6.07, 6.45) is 0.828. The summed E-state index contributed by atoms with van der Waals surface area (Å²) in [5.74, 6) is -0.546. The van der Waals surface area contributed by atoms with E-state index in [1.165, 1.54) is 34.0 Å². The van der Waals surface area contributed by atoms with Gasteiger partial charge in [0.1, 0.15) is 30.5 Å². The molecule has 2 aliphatic heterocycles. The van der Waals surface area contributed by atoms with Crippen LogP contribution in [0, 0.1) is 15.9 Å². The third-order valence-corrected chi connectivity index (χ3v) is 5.79. The van der Waals surface area contributed by atoms with Gasteiger partial charge < -0.3 is 34.3 Å². The molecule has 194 valence electrons. The van der Waals surface area contributed by atoms with E-state index >= 15 is 4.39 Å². The molecule has 1 N–H and O–H groups in total. The summed E-state index contributed by atoms with van der Waals surface area (Å²) in [5, 5.41) is 20.2. The van der Waals surface area contributed by atoms with Crippen molar-refractivity contribution in [3.8, 4) is 23.1 Å². The van der Waals surface area contributed by atoms with Crippen molar-refractivity contribution in [1.82, 2.24) is 19.5 Å². The lowest BCUT2D eigenvalue weighted by Crippen LogP contribution is -2.35. The molecule has 14 nitrogen and oxygen atoms in total. The number of fused-ring (bicyclic) bond motifs is 1. The SMILES string of the molecule is CN(C)c1nc(O[C@@H]2COc3nc([N+](=O)[O-])cn3C2)ncc1-c1ccc(N2C[C@@H](CO)OC2=O)cc1F. The van der Waals surface area contributed by atoms with Gasteiger partial charge in [-0.15, -0.1) is 0 Å². The molecule has 1 amide bonds. The summed E-state index contributed by atoms with van der Waals surface area (Å²) in [5.41, 5.74) is 0.901. The number of rotatable bonds is 7. The summed E-state index contributed by atoms with van der Waals surface area (Å²) in [4.78, 5) is 37.8. The summed E-state index contributed by atoms with van der Waals surface area (Å²) < 4.78 is 33.0. The molecular formula is C22H22FN7O7. The number of imidazole rings is 1. The molecule has 1 fully saturated rings. The van der Waals surface area contributed by atoms with E-state index < -0.39 is 29.0 Å². The quantitative estimate of drug-likeness (QED) is 0.360. The minimum absolute atomic E-state index is 0.0194. The molecular weight excluding hydrogens is 493 g/mol. The molecule has 2 atom stereocenters. The van der Waals surface area contributed by atoms with Crippen LogP contribution >= 0.6 is 0 Å². The smallest absolute Gasteiger partial charge is 0.414 e. The van der Waals surface area contributed by atoms with E-state index in [0.29, 0.717) is 17.1 Å². The maximum atomic E-state index is 15.2. The number of aliphatic hydroxyl groups excluding tert-OH is 1. The Morgan fingerprint density at radius 2 is 2.11 bits per heavy atom. The van der Waals surface area contributed by atoms with E-state index in [-0.39, 0.29) is 49.7 Å². The third kappa shape index (κ3) is 4.67. The monoisotopic (exact) mass is 515 g/mol. The fraction of sp³-hybridized carbons (Fsp3) is 0.364. The lowest BCUT2D eigenvalue weighted by molar-refractivity contribution is -0.389. The Balaban J connectivity index is 1.36. The lowest BCUT2D eigenvalue weighted by atomic mass is 10.1. The van der Waals surface area contributed by atoms with Crippen molar-refractivity contribution in [2.75, 3.05) is 43.7 Å². The highest BCUT2D eigenvalue weighted by molar-refractivity contribution is 5.90. The highest BCUT2D eigenvalue weighted by Gasteiger charge is 2.33. The van der Waals surface area contributed by atoms with Crippen molar-refractivity contribution >= 4 is 23.4 Å². The Kier molecular flexibility index (Phi) is 6.20. The molecule has 0 radical (unpaired) electrons. The van der Waals surface area contributed by atoms with Gasteiger partial charge >= 0.3 is 23.9 Å². The standard InChI is InChI=1S/C22H22FN7O7/c1-27(2)19-16(15-4-3-12(5-17(15)23)29-8-13(10-31)37-22(29)32)6-24-20(26-19)36-14-7-28-9-18(30(33)34)25-21(28)35-11-14/h3-6,9,13-14,31H,7-8,10-11H2,1-2H3/t13-,14-/m0/s1. The molecule has 0 unspecified atom stereocenters. The molecule has 3 aromatic rings. The fourth-order valence-electron chi connectivity index (χ4n) is 4.04. The van der Waals surface area contributed by atoms with Gasteiger partial charge in [0.2, 0.25) is 0 Å². The number of ether oxygens (including phenoxy) is 3. The van der Waals surface area contributed by atoms with Crippen LogP contribution in [-0.4, -0.2) is 81.7 Å². The Bertz CT molecular complexity index is 1370. The molecule has 0 saturated carbocycles. The zero-order chi connectivity index (χ0) is 26.3. The van der Waals surface area contributed by atoms with Gasteiger partial charge in [-0.25, -0.2) is 14.2 Å². The topological polar surface area (TPSA) is 158 Å². The zero-order valence-electron chi connectivity index (χ0n) is 19.8. The number of carbonyl (C=O) groups is 1. The Labute approximate surface area is 209 Å². The van der Waals surface area contributed by atoms with Gasteiger partial charge in [0.25, 0.3) is 0 Å². The van der Waals surface area contributed by atoms with Crippen molar-refractivity contribution in [1.29, 1.82) is 0 Å².